The number of hydrogen-bond acceptors (Lipinski definition) is 4. The van der Waals surface area contributed by atoms with E-state index in [0.717, 1.165) is 28.3 Å². The molecule has 1 aromatic heterocycles. The van der Waals surface area contributed by atoms with Crippen molar-refractivity contribution in [3.8, 4) is 11.6 Å². The summed E-state index contributed by atoms with van der Waals surface area (Å²) >= 11 is 0. The third-order valence-electron chi connectivity index (χ3n) is 2.72. The monoisotopic (exact) mass is 243 g/mol. The van der Waals surface area contributed by atoms with E-state index in [1.165, 1.54) is 0 Å². The van der Waals surface area contributed by atoms with Gasteiger partial charge in [-0.25, -0.2) is 4.98 Å². The molecule has 0 unspecified atom stereocenters. The molecule has 0 aliphatic carbocycles. The quantitative estimate of drug-likeness (QED) is 0.823. The van der Waals surface area contributed by atoms with Crippen molar-refractivity contribution in [1.29, 1.82) is 0 Å². The number of ether oxygens (including phenoxy) is 1. The molecule has 94 valence electrons. The molecule has 0 bridgehead atoms. The second-order valence-corrected chi connectivity index (χ2v) is 4.47. The standard InChI is InChI=1S/C14H17N3O/c1-8-6-13(9(2)5-12(8)15)18-14-7-10(3)16-11(4)17-14/h5-7H,15H2,1-4H3. The Morgan fingerprint density at radius 2 is 1.67 bits per heavy atom. The number of nitrogens with zero attached hydrogens (tertiary/aromatic N) is 2. The molecule has 18 heavy (non-hydrogen) atoms. The molecule has 4 nitrogen and oxygen atoms in total. The van der Waals surface area contributed by atoms with Gasteiger partial charge in [0.1, 0.15) is 11.6 Å². The van der Waals surface area contributed by atoms with Gasteiger partial charge in [-0.15, -0.1) is 0 Å². The summed E-state index contributed by atoms with van der Waals surface area (Å²) in [4.78, 5) is 8.48. The highest BCUT2D eigenvalue weighted by Crippen LogP contribution is 2.28. The van der Waals surface area contributed by atoms with Gasteiger partial charge in [0.15, 0.2) is 0 Å². The van der Waals surface area contributed by atoms with Gasteiger partial charge in [-0.05, 0) is 51.0 Å². The van der Waals surface area contributed by atoms with Crippen LogP contribution in [-0.2, 0) is 0 Å². The molecule has 2 rings (SSSR count). The normalized spacial score (nSPS) is 10.4. The van der Waals surface area contributed by atoms with E-state index in [-0.39, 0.29) is 0 Å². The fraction of sp³-hybridized carbons (Fsp3) is 0.286. The number of nitrogens with two attached hydrogens (primary N) is 1. The highest BCUT2D eigenvalue weighted by atomic mass is 16.5. The summed E-state index contributed by atoms with van der Waals surface area (Å²) in [6.45, 7) is 7.69. The zero-order valence-electron chi connectivity index (χ0n) is 11.1. The fourth-order valence-electron chi connectivity index (χ4n) is 1.77. The molecule has 4 heteroatoms. The molecule has 0 radical (unpaired) electrons. The smallest absolute Gasteiger partial charge is 0.222 e. The highest BCUT2D eigenvalue weighted by molar-refractivity contribution is 5.54. The first-order chi connectivity index (χ1) is 8.45. The van der Waals surface area contributed by atoms with Crippen LogP contribution in [0.2, 0.25) is 0 Å². The van der Waals surface area contributed by atoms with Crippen LogP contribution in [0, 0.1) is 27.7 Å². The zero-order valence-corrected chi connectivity index (χ0v) is 11.1. The predicted molar refractivity (Wildman–Crippen MR) is 71.9 cm³/mol. The Kier molecular flexibility index (Phi) is 3.19. The van der Waals surface area contributed by atoms with Crippen molar-refractivity contribution in [2.45, 2.75) is 27.7 Å². The van der Waals surface area contributed by atoms with Gasteiger partial charge in [-0.1, -0.05) is 0 Å². The lowest BCUT2D eigenvalue weighted by atomic mass is 10.1. The molecule has 0 spiro atoms. The predicted octanol–water partition coefficient (Wildman–Crippen LogP) is 3.08. The van der Waals surface area contributed by atoms with Crippen LogP contribution < -0.4 is 10.5 Å². The molecule has 0 aliphatic heterocycles. The van der Waals surface area contributed by atoms with Crippen LogP contribution in [0.4, 0.5) is 5.69 Å². The third kappa shape index (κ3) is 2.59. The van der Waals surface area contributed by atoms with Crippen molar-refractivity contribution in [1.82, 2.24) is 9.97 Å². The van der Waals surface area contributed by atoms with Crippen LogP contribution in [0.1, 0.15) is 22.6 Å². The second-order valence-electron chi connectivity index (χ2n) is 4.47. The van der Waals surface area contributed by atoms with Gasteiger partial charge in [-0.2, -0.15) is 4.98 Å². The van der Waals surface area contributed by atoms with Crippen LogP contribution in [0.25, 0.3) is 0 Å². The Morgan fingerprint density at radius 1 is 0.944 bits per heavy atom. The average molecular weight is 243 g/mol. The summed E-state index contributed by atoms with van der Waals surface area (Å²) in [5.74, 6) is 2.04. The number of nitrogen functional groups attached to an aromatic ring is 1. The van der Waals surface area contributed by atoms with Crippen molar-refractivity contribution < 1.29 is 4.74 Å². The van der Waals surface area contributed by atoms with E-state index in [1.54, 1.807) is 0 Å². The van der Waals surface area contributed by atoms with Crippen LogP contribution >= 0.6 is 0 Å². The van der Waals surface area contributed by atoms with Gasteiger partial charge in [-0.3, -0.25) is 0 Å². The van der Waals surface area contributed by atoms with Crippen LogP contribution in [-0.4, -0.2) is 9.97 Å². The highest BCUT2D eigenvalue weighted by Gasteiger charge is 2.07. The van der Waals surface area contributed by atoms with Crippen LogP contribution in [0.3, 0.4) is 0 Å². The Bertz CT molecular complexity index is 574. The summed E-state index contributed by atoms with van der Waals surface area (Å²) in [5, 5.41) is 0. The minimum atomic E-state index is 0.562. The number of hydrogen-bond donors (Lipinski definition) is 1. The molecule has 0 amide bonds. The van der Waals surface area contributed by atoms with Gasteiger partial charge in [0.25, 0.3) is 0 Å². The summed E-state index contributed by atoms with van der Waals surface area (Å²) in [7, 11) is 0. The maximum absolute atomic E-state index is 5.85. The van der Waals surface area contributed by atoms with E-state index in [9.17, 15) is 0 Å². The first-order valence-electron chi connectivity index (χ1n) is 5.82. The van der Waals surface area contributed by atoms with Gasteiger partial charge >= 0.3 is 0 Å². The lowest BCUT2D eigenvalue weighted by molar-refractivity contribution is 0.455. The largest absolute Gasteiger partial charge is 0.439 e. The molecule has 0 aliphatic rings. The molecule has 0 fully saturated rings. The second kappa shape index (κ2) is 4.64. The molecule has 2 aromatic rings. The topological polar surface area (TPSA) is 61.0 Å². The zero-order chi connectivity index (χ0) is 13.3. The van der Waals surface area contributed by atoms with E-state index in [4.69, 9.17) is 10.5 Å². The Labute approximate surface area is 107 Å². The van der Waals surface area contributed by atoms with E-state index in [2.05, 4.69) is 9.97 Å². The molecule has 1 aromatic carbocycles. The lowest BCUT2D eigenvalue weighted by Crippen LogP contribution is -1.98. The summed E-state index contributed by atoms with van der Waals surface area (Å²) in [6, 6.07) is 5.65. The number of rotatable bonds is 2. The van der Waals surface area contributed by atoms with Gasteiger partial charge in [0, 0.05) is 17.4 Å². The Morgan fingerprint density at radius 3 is 2.33 bits per heavy atom. The molecule has 0 saturated heterocycles. The minimum Gasteiger partial charge on any atom is -0.439 e. The third-order valence-corrected chi connectivity index (χ3v) is 2.72. The Hall–Kier alpha value is -2.10. The number of aromatic nitrogens is 2. The molecular formula is C14H17N3O. The van der Waals surface area contributed by atoms with E-state index in [0.29, 0.717) is 11.7 Å². The Balaban J connectivity index is 2.36. The van der Waals surface area contributed by atoms with Crippen molar-refractivity contribution >= 4 is 5.69 Å². The van der Waals surface area contributed by atoms with Gasteiger partial charge in [0.2, 0.25) is 5.88 Å². The van der Waals surface area contributed by atoms with Gasteiger partial charge in [0.05, 0.1) is 0 Å². The maximum Gasteiger partial charge on any atom is 0.222 e. The number of aryl methyl sites for hydroxylation is 4. The van der Waals surface area contributed by atoms with Crippen molar-refractivity contribution in [2.24, 2.45) is 0 Å². The van der Waals surface area contributed by atoms with Crippen LogP contribution in [0.15, 0.2) is 18.2 Å². The SMILES string of the molecule is Cc1cc(Oc2cc(C)c(N)cc2C)nc(C)n1. The maximum atomic E-state index is 5.85. The summed E-state index contributed by atoms with van der Waals surface area (Å²) in [5.41, 5.74) is 9.50. The van der Waals surface area contributed by atoms with Crippen molar-refractivity contribution in [2.75, 3.05) is 5.73 Å². The minimum absolute atomic E-state index is 0.562. The first-order valence-corrected chi connectivity index (χ1v) is 5.82. The van der Waals surface area contributed by atoms with Crippen molar-refractivity contribution in [3.05, 3.63) is 40.8 Å². The number of benzene rings is 1. The van der Waals surface area contributed by atoms with Crippen molar-refractivity contribution in [3.63, 3.8) is 0 Å². The van der Waals surface area contributed by atoms with E-state index >= 15 is 0 Å². The molecule has 0 atom stereocenters. The van der Waals surface area contributed by atoms with E-state index in [1.807, 2.05) is 45.9 Å². The number of anilines is 1. The lowest BCUT2D eigenvalue weighted by Gasteiger charge is -2.11. The summed E-state index contributed by atoms with van der Waals surface area (Å²) < 4.78 is 5.80. The molecule has 1 heterocycles. The first kappa shape index (κ1) is 12.4. The van der Waals surface area contributed by atoms with Gasteiger partial charge < -0.3 is 10.5 Å². The average Bonchev–Trinajstić information content (AvgIpc) is 2.24. The van der Waals surface area contributed by atoms with E-state index < -0.39 is 0 Å². The molecule has 2 N–H and O–H groups in total. The summed E-state index contributed by atoms with van der Waals surface area (Å²) in [6.07, 6.45) is 0. The fourth-order valence-corrected chi connectivity index (χ4v) is 1.77. The molecule has 0 saturated carbocycles. The molecular weight excluding hydrogens is 226 g/mol. The van der Waals surface area contributed by atoms with Crippen LogP contribution in [0.5, 0.6) is 11.6 Å².